The Morgan fingerprint density at radius 1 is 1.21 bits per heavy atom. The normalized spacial score (nSPS) is 10.1. The molecule has 0 aliphatic carbocycles. The summed E-state index contributed by atoms with van der Waals surface area (Å²) in [6, 6.07) is 0. The van der Waals surface area contributed by atoms with Gasteiger partial charge in [0.15, 0.2) is 5.78 Å². The number of nitrogens with one attached hydrogen (secondary N) is 1. The second-order valence-electron chi connectivity index (χ2n) is 3.48. The number of anilines is 1. The number of carbonyl (C=O) groups excluding carboxylic acids is 1. The van der Waals surface area contributed by atoms with Crippen LogP contribution in [-0.4, -0.2) is 17.8 Å². The number of aryl methyl sites for hydroxylation is 1. The van der Waals surface area contributed by atoms with E-state index in [9.17, 15) is 4.79 Å². The lowest BCUT2D eigenvalue weighted by Crippen LogP contribution is -2.08. The van der Waals surface area contributed by atoms with E-state index >= 15 is 0 Å². The van der Waals surface area contributed by atoms with Crippen molar-refractivity contribution in [3.63, 3.8) is 0 Å². The van der Waals surface area contributed by atoms with E-state index < -0.39 is 0 Å². The van der Waals surface area contributed by atoms with Crippen LogP contribution in [0.15, 0.2) is 0 Å². The number of hydrogen-bond acceptors (Lipinski definition) is 3. The Morgan fingerprint density at radius 3 is 2.21 bits per heavy atom. The lowest BCUT2D eigenvalue weighted by molar-refractivity contribution is 0.101. The van der Waals surface area contributed by atoms with Crippen LogP contribution in [0.1, 0.15) is 34.1 Å². The minimum Gasteiger partial charge on any atom is -0.373 e. The molecule has 76 valence electrons. The van der Waals surface area contributed by atoms with Crippen LogP contribution in [0.2, 0.25) is 0 Å². The first-order valence-electron chi connectivity index (χ1n) is 4.65. The van der Waals surface area contributed by atoms with Crippen LogP contribution in [0.3, 0.4) is 0 Å². The van der Waals surface area contributed by atoms with Gasteiger partial charge in [0, 0.05) is 12.7 Å². The summed E-state index contributed by atoms with van der Waals surface area (Å²) in [6.07, 6.45) is 0. The van der Waals surface area contributed by atoms with Gasteiger partial charge in [0.25, 0.3) is 0 Å². The van der Waals surface area contributed by atoms with Gasteiger partial charge in [-0.1, -0.05) is 0 Å². The molecule has 3 nitrogen and oxygen atoms in total. The van der Waals surface area contributed by atoms with Crippen LogP contribution in [0.25, 0.3) is 0 Å². The quantitative estimate of drug-likeness (QED) is 0.731. The molecule has 0 saturated carbocycles. The molecule has 14 heavy (non-hydrogen) atoms. The zero-order valence-corrected chi connectivity index (χ0v) is 9.36. The first-order chi connectivity index (χ1) is 6.49. The van der Waals surface area contributed by atoms with Gasteiger partial charge in [0.1, 0.15) is 5.82 Å². The van der Waals surface area contributed by atoms with Gasteiger partial charge in [0.2, 0.25) is 0 Å². The van der Waals surface area contributed by atoms with Gasteiger partial charge in [0.05, 0.1) is 5.56 Å². The number of nitrogens with zero attached hydrogens (tertiary/aromatic N) is 1. The van der Waals surface area contributed by atoms with Crippen LogP contribution in [0.5, 0.6) is 0 Å². The molecule has 0 spiro atoms. The lowest BCUT2D eigenvalue weighted by Gasteiger charge is -2.13. The number of rotatable bonds is 2. The van der Waals surface area contributed by atoms with Crippen molar-refractivity contribution in [1.29, 1.82) is 0 Å². The predicted molar refractivity (Wildman–Crippen MR) is 58.0 cm³/mol. The van der Waals surface area contributed by atoms with Crippen molar-refractivity contribution >= 4 is 11.6 Å². The molecule has 0 amide bonds. The zero-order valence-electron chi connectivity index (χ0n) is 9.36. The summed E-state index contributed by atoms with van der Waals surface area (Å²) < 4.78 is 0. The molecule has 1 rings (SSSR count). The number of carbonyl (C=O) groups is 1. The predicted octanol–water partition coefficient (Wildman–Crippen LogP) is 2.25. The van der Waals surface area contributed by atoms with E-state index in [1.807, 2.05) is 20.8 Å². The zero-order chi connectivity index (χ0) is 10.9. The average Bonchev–Trinajstić information content (AvgIpc) is 2.12. The molecule has 1 heterocycles. The smallest absolute Gasteiger partial charge is 0.163 e. The highest BCUT2D eigenvalue weighted by Crippen LogP contribution is 2.22. The van der Waals surface area contributed by atoms with Crippen molar-refractivity contribution < 1.29 is 4.79 Å². The Kier molecular flexibility index (Phi) is 2.89. The molecule has 1 N–H and O–H groups in total. The largest absolute Gasteiger partial charge is 0.373 e. The molecule has 0 atom stereocenters. The molecule has 0 saturated heterocycles. The molecule has 0 unspecified atom stereocenters. The van der Waals surface area contributed by atoms with Gasteiger partial charge in [-0.2, -0.15) is 0 Å². The molecule has 0 fully saturated rings. The molecule has 1 aromatic heterocycles. The first kappa shape index (κ1) is 10.7. The number of aromatic nitrogens is 1. The molecule has 0 aromatic carbocycles. The van der Waals surface area contributed by atoms with Crippen molar-refractivity contribution in [3.8, 4) is 0 Å². The minimum atomic E-state index is 0.0578. The standard InChI is InChI=1S/C11H16N2O/c1-6-7(2)10(9(4)14)11(12-5)13-8(6)3/h1-5H3,(H,12,13). The Balaban J connectivity index is 3.53. The van der Waals surface area contributed by atoms with Gasteiger partial charge in [-0.25, -0.2) is 4.98 Å². The fourth-order valence-electron chi connectivity index (χ4n) is 1.56. The second-order valence-corrected chi connectivity index (χ2v) is 3.48. The highest BCUT2D eigenvalue weighted by molar-refractivity contribution is 6.00. The molecule has 3 heteroatoms. The van der Waals surface area contributed by atoms with Gasteiger partial charge in [-0.05, 0) is 38.8 Å². The van der Waals surface area contributed by atoms with E-state index in [4.69, 9.17) is 0 Å². The molecule has 0 radical (unpaired) electrons. The van der Waals surface area contributed by atoms with E-state index in [0.717, 1.165) is 16.8 Å². The molecular weight excluding hydrogens is 176 g/mol. The SMILES string of the molecule is CNc1nc(C)c(C)c(C)c1C(C)=O. The number of ketones is 1. The molecular formula is C11H16N2O. The number of hydrogen-bond donors (Lipinski definition) is 1. The molecule has 1 aromatic rings. The summed E-state index contributed by atoms with van der Waals surface area (Å²) in [7, 11) is 1.78. The summed E-state index contributed by atoms with van der Waals surface area (Å²) >= 11 is 0. The highest BCUT2D eigenvalue weighted by atomic mass is 16.1. The Hall–Kier alpha value is -1.38. The summed E-state index contributed by atoms with van der Waals surface area (Å²) in [5.41, 5.74) is 3.79. The van der Waals surface area contributed by atoms with E-state index in [1.54, 1.807) is 14.0 Å². The monoisotopic (exact) mass is 192 g/mol. The fraction of sp³-hybridized carbons (Fsp3) is 0.455. The van der Waals surface area contributed by atoms with Crippen molar-refractivity contribution in [2.75, 3.05) is 12.4 Å². The lowest BCUT2D eigenvalue weighted by atomic mass is 10.0. The second kappa shape index (κ2) is 3.78. The van der Waals surface area contributed by atoms with E-state index in [0.29, 0.717) is 11.4 Å². The Bertz CT molecular complexity index is 383. The summed E-state index contributed by atoms with van der Waals surface area (Å²) in [5, 5.41) is 2.95. The maximum absolute atomic E-state index is 11.4. The third-order valence-corrected chi connectivity index (χ3v) is 2.59. The van der Waals surface area contributed by atoms with Crippen LogP contribution in [-0.2, 0) is 0 Å². The minimum absolute atomic E-state index is 0.0578. The number of pyridine rings is 1. The van der Waals surface area contributed by atoms with E-state index in [1.165, 1.54) is 0 Å². The fourth-order valence-corrected chi connectivity index (χ4v) is 1.56. The van der Waals surface area contributed by atoms with E-state index in [2.05, 4.69) is 10.3 Å². The van der Waals surface area contributed by atoms with Crippen molar-refractivity contribution in [2.45, 2.75) is 27.7 Å². The first-order valence-corrected chi connectivity index (χ1v) is 4.65. The third kappa shape index (κ3) is 1.62. The Labute approximate surface area is 84.6 Å². The van der Waals surface area contributed by atoms with Gasteiger partial charge < -0.3 is 5.32 Å². The third-order valence-electron chi connectivity index (χ3n) is 2.59. The van der Waals surface area contributed by atoms with Gasteiger partial charge in [-0.3, -0.25) is 4.79 Å². The summed E-state index contributed by atoms with van der Waals surface area (Å²) in [5.74, 6) is 0.737. The maximum atomic E-state index is 11.4. The van der Waals surface area contributed by atoms with Gasteiger partial charge in [-0.15, -0.1) is 0 Å². The number of Topliss-reactive ketones (excluding diaryl/α,β-unsaturated/α-hetero) is 1. The van der Waals surface area contributed by atoms with Crippen LogP contribution >= 0.6 is 0 Å². The summed E-state index contributed by atoms with van der Waals surface area (Å²) in [6.45, 7) is 7.47. The Morgan fingerprint density at radius 2 is 1.79 bits per heavy atom. The van der Waals surface area contributed by atoms with Crippen molar-refractivity contribution in [2.24, 2.45) is 0 Å². The van der Waals surface area contributed by atoms with Crippen LogP contribution < -0.4 is 5.32 Å². The van der Waals surface area contributed by atoms with Crippen molar-refractivity contribution in [3.05, 3.63) is 22.4 Å². The average molecular weight is 192 g/mol. The maximum Gasteiger partial charge on any atom is 0.163 e. The van der Waals surface area contributed by atoms with Crippen molar-refractivity contribution in [1.82, 2.24) is 4.98 Å². The summed E-state index contributed by atoms with van der Waals surface area (Å²) in [4.78, 5) is 15.8. The molecule has 0 aliphatic heterocycles. The van der Waals surface area contributed by atoms with E-state index in [-0.39, 0.29) is 5.78 Å². The topological polar surface area (TPSA) is 42.0 Å². The van der Waals surface area contributed by atoms with Gasteiger partial charge >= 0.3 is 0 Å². The van der Waals surface area contributed by atoms with Crippen LogP contribution in [0.4, 0.5) is 5.82 Å². The van der Waals surface area contributed by atoms with Crippen LogP contribution in [0, 0.1) is 20.8 Å². The highest BCUT2D eigenvalue weighted by Gasteiger charge is 2.14. The molecule has 0 aliphatic rings. The molecule has 0 bridgehead atoms.